The minimum absolute atomic E-state index is 0.138. The van der Waals surface area contributed by atoms with E-state index in [4.69, 9.17) is 9.66 Å². The zero-order valence-corrected chi connectivity index (χ0v) is 9.18. The summed E-state index contributed by atoms with van der Waals surface area (Å²) in [6, 6.07) is 0. The van der Waals surface area contributed by atoms with Crippen LogP contribution < -0.4 is 0 Å². The molecule has 0 radical (unpaired) electrons. The lowest BCUT2D eigenvalue weighted by Gasteiger charge is -1.91. The summed E-state index contributed by atoms with van der Waals surface area (Å²) in [6.45, 7) is 1.51. The number of aliphatic hydroxyl groups is 1. The normalized spacial score (nSPS) is 10.3. The minimum Gasteiger partial charge on any atom is -0.396 e. The van der Waals surface area contributed by atoms with E-state index in [0.29, 0.717) is 6.42 Å². The lowest BCUT2D eigenvalue weighted by atomic mass is 10.3. The Morgan fingerprint density at radius 3 is 2.33 bits per heavy atom. The third-order valence-corrected chi connectivity index (χ3v) is 2.08. The molecule has 0 bridgehead atoms. The van der Waals surface area contributed by atoms with Crippen molar-refractivity contribution in [3.05, 3.63) is 24.3 Å². The van der Waals surface area contributed by atoms with Gasteiger partial charge in [-0.2, -0.15) is 8.42 Å². The fourth-order valence-corrected chi connectivity index (χ4v) is 0.574. The molecule has 1 heterocycles. The average Bonchev–Trinajstić information content (AvgIpc) is 2.20. The summed E-state index contributed by atoms with van der Waals surface area (Å²) in [4.78, 5) is 7.78. The number of hydrogen-bond acceptors (Lipinski definition) is 5. The highest BCUT2D eigenvalue weighted by molar-refractivity contribution is 7.85. The maximum absolute atomic E-state index is 9.56. The van der Waals surface area contributed by atoms with Gasteiger partial charge in [-0.25, -0.2) is 0 Å². The van der Waals surface area contributed by atoms with Crippen LogP contribution in [0, 0.1) is 0 Å². The fourth-order valence-electron chi connectivity index (χ4n) is 0.574. The van der Waals surface area contributed by atoms with Crippen LogP contribution in [0.25, 0.3) is 0 Å². The Kier molecular flexibility index (Phi) is 6.76. The van der Waals surface area contributed by atoms with Gasteiger partial charge in [-0.3, -0.25) is 14.5 Å². The van der Waals surface area contributed by atoms with Gasteiger partial charge in [0, 0.05) is 31.6 Å². The molecule has 0 unspecified atom stereocenters. The highest BCUT2D eigenvalue weighted by Gasteiger charge is 1.93. The molecule has 15 heavy (non-hydrogen) atoms. The lowest BCUT2D eigenvalue weighted by Crippen LogP contribution is -1.97. The van der Waals surface area contributed by atoms with Gasteiger partial charge in [-0.15, -0.1) is 0 Å². The van der Waals surface area contributed by atoms with Crippen molar-refractivity contribution < 1.29 is 18.1 Å². The minimum atomic E-state index is -3.66. The summed E-state index contributed by atoms with van der Waals surface area (Å²) < 4.78 is 26.9. The van der Waals surface area contributed by atoms with E-state index in [1.54, 1.807) is 18.6 Å². The molecule has 0 fully saturated rings. The zero-order chi connectivity index (χ0) is 11.7. The van der Waals surface area contributed by atoms with E-state index < -0.39 is 10.1 Å². The lowest BCUT2D eigenvalue weighted by molar-refractivity contribution is 0.298. The summed E-state index contributed by atoms with van der Waals surface area (Å²) in [5.74, 6) is -0.201. The first kappa shape index (κ1) is 13.9. The summed E-state index contributed by atoms with van der Waals surface area (Å²) in [5.41, 5.74) is 0.833. The van der Waals surface area contributed by atoms with Crippen molar-refractivity contribution in [2.45, 2.75) is 13.3 Å². The fraction of sp³-hybridized carbons (Fsp3) is 0.500. The van der Waals surface area contributed by atoms with Gasteiger partial charge in [0.05, 0.1) is 11.4 Å². The molecule has 2 N–H and O–H groups in total. The Morgan fingerprint density at radius 1 is 1.40 bits per heavy atom. The van der Waals surface area contributed by atoms with Crippen LogP contribution in [0.3, 0.4) is 0 Å². The van der Waals surface area contributed by atoms with Crippen LogP contribution in [0.2, 0.25) is 0 Å². The first-order valence-corrected chi connectivity index (χ1v) is 5.91. The molecule has 1 aromatic heterocycles. The zero-order valence-electron chi connectivity index (χ0n) is 8.37. The van der Waals surface area contributed by atoms with E-state index in [0.717, 1.165) is 5.69 Å². The summed E-state index contributed by atoms with van der Waals surface area (Å²) >= 11 is 0. The second kappa shape index (κ2) is 7.27. The van der Waals surface area contributed by atoms with Crippen molar-refractivity contribution in [2.75, 3.05) is 12.4 Å². The van der Waals surface area contributed by atoms with Crippen molar-refractivity contribution in [3.8, 4) is 0 Å². The summed E-state index contributed by atoms with van der Waals surface area (Å²) in [5, 5.41) is 8.45. The Balaban J connectivity index is 0.000000288. The number of aliphatic hydroxyl groups excluding tert-OH is 1. The molecule has 6 nitrogen and oxygen atoms in total. The van der Waals surface area contributed by atoms with Gasteiger partial charge < -0.3 is 5.11 Å². The van der Waals surface area contributed by atoms with Crippen LogP contribution in [-0.2, 0) is 16.5 Å². The first-order valence-electron chi connectivity index (χ1n) is 4.30. The molecule has 0 saturated heterocycles. The number of hydrogen-bond donors (Lipinski definition) is 2. The van der Waals surface area contributed by atoms with E-state index in [1.807, 2.05) is 0 Å². The molecule has 0 amide bonds. The largest absolute Gasteiger partial charge is 0.396 e. The molecular formula is C8H14N2O4S. The van der Waals surface area contributed by atoms with Gasteiger partial charge >= 0.3 is 0 Å². The molecule has 0 aliphatic rings. The SMILES string of the molecule is CCS(=O)(=O)O.OCCc1cnccn1. The van der Waals surface area contributed by atoms with E-state index in [9.17, 15) is 8.42 Å². The molecule has 1 rings (SSSR count). The van der Waals surface area contributed by atoms with Gasteiger partial charge in [0.1, 0.15) is 0 Å². The molecule has 0 aliphatic carbocycles. The van der Waals surface area contributed by atoms with E-state index in [1.165, 1.54) is 6.92 Å². The highest BCUT2D eigenvalue weighted by atomic mass is 32.2. The molecule has 0 spiro atoms. The Morgan fingerprint density at radius 2 is 2.00 bits per heavy atom. The molecule has 1 aromatic rings. The Bertz CT molecular complexity index is 352. The topological polar surface area (TPSA) is 100 Å². The standard InChI is InChI=1S/C6H8N2O.C2H6O3S/c9-4-1-6-5-7-2-3-8-6;1-2-6(3,4)5/h2-3,5,9H,1,4H2;2H2,1H3,(H,3,4,5). The number of nitrogens with zero attached hydrogens (tertiary/aromatic N) is 2. The molecule has 0 saturated carbocycles. The van der Waals surface area contributed by atoms with Crippen molar-refractivity contribution in [1.29, 1.82) is 0 Å². The second-order valence-corrected chi connectivity index (χ2v) is 4.28. The first-order chi connectivity index (χ1) is 6.99. The van der Waals surface area contributed by atoms with Crippen molar-refractivity contribution in [2.24, 2.45) is 0 Å². The second-order valence-electron chi connectivity index (χ2n) is 2.54. The molecule has 0 atom stereocenters. The van der Waals surface area contributed by atoms with Crippen molar-refractivity contribution in [1.82, 2.24) is 9.97 Å². The van der Waals surface area contributed by atoms with Crippen LogP contribution in [0.5, 0.6) is 0 Å². The predicted molar refractivity (Wildman–Crippen MR) is 54.9 cm³/mol. The van der Waals surface area contributed by atoms with Gasteiger partial charge in [0.15, 0.2) is 0 Å². The van der Waals surface area contributed by atoms with E-state index in [-0.39, 0.29) is 12.4 Å². The van der Waals surface area contributed by atoms with Crippen LogP contribution in [-0.4, -0.2) is 40.4 Å². The summed E-state index contributed by atoms with van der Waals surface area (Å²) in [6.07, 6.45) is 5.47. The number of aromatic nitrogens is 2. The smallest absolute Gasteiger partial charge is 0.264 e. The van der Waals surface area contributed by atoms with E-state index >= 15 is 0 Å². The molecule has 86 valence electrons. The monoisotopic (exact) mass is 234 g/mol. The molecular weight excluding hydrogens is 220 g/mol. The van der Waals surface area contributed by atoms with Crippen LogP contribution >= 0.6 is 0 Å². The van der Waals surface area contributed by atoms with Gasteiger partial charge in [-0.1, -0.05) is 0 Å². The van der Waals surface area contributed by atoms with Gasteiger partial charge in [-0.05, 0) is 6.92 Å². The predicted octanol–water partition coefficient (Wildman–Crippen LogP) is -0.0945. The van der Waals surface area contributed by atoms with Gasteiger partial charge in [0.25, 0.3) is 10.1 Å². The average molecular weight is 234 g/mol. The molecule has 0 aliphatic heterocycles. The van der Waals surface area contributed by atoms with E-state index in [2.05, 4.69) is 9.97 Å². The Hall–Kier alpha value is -1.05. The Labute approximate surface area is 88.8 Å². The highest BCUT2D eigenvalue weighted by Crippen LogP contribution is 1.88. The number of rotatable bonds is 3. The summed E-state index contributed by atoms with van der Waals surface area (Å²) in [7, 11) is -3.66. The maximum Gasteiger partial charge on any atom is 0.264 e. The van der Waals surface area contributed by atoms with Crippen molar-refractivity contribution in [3.63, 3.8) is 0 Å². The van der Waals surface area contributed by atoms with Crippen LogP contribution in [0.1, 0.15) is 12.6 Å². The third-order valence-electron chi connectivity index (χ3n) is 1.35. The molecule has 7 heteroatoms. The maximum atomic E-state index is 9.56. The van der Waals surface area contributed by atoms with Crippen LogP contribution in [0.4, 0.5) is 0 Å². The third kappa shape index (κ3) is 9.26. The molecule has 0 aromatic carbocycles. The van der Waals surface area contributed by atoms with Crippen LogP contribution in [0.15, 0.2) is 18.6 Å². The van der Waals surface area contributed by atoms with Crippen molar-refractivity contribution >= 4 is 10.1 Å². The van der Waals surface area contributed by atoms with Gasteiger partial charge in [0.2, 0.25) is 0 Å². The quantitative estimate of drug-likeness (QED) is 0.709.